The van der Waals surface area contributed by atoms with Crippen LogP contribution in [0.2, 0.25) is 6.32 Å². The number of furan rings is 1. The number of hydrogen-bond donors (Lipinski definition) is 5. The highest BCUT2D eigenvalue weighted by Crippen LogP contribution is 2.35. The molecular formula is C15H20BNO6S. The second-order valence-corrected chi connectivity index (χ2v) is 6.51. The van der Waals surface area contributed by atoms with Crippen LogP contribution in [0.25, 0.3) is 10.8 Å². The first kappa shape index (κ1) is 19.0. The predicted octanol–water partition coefficient (Wildman–Crippen LogP) is 0.764. The molecule has 7 nitrogen and oxygen atoms in total. The molecular weight excluding hydrogens is 333 g/mol. The topological polar surface area (TPSA) is 123 Å². The number of aliphatic hydroxyl groups is 1. The molecule has 0 saturated carbocycles. The Kier molecular flexibility index (Phi) is 6.84. The largest absolute Gasteiger partial charge is 0.466 e. The maximum absolute atomic E-state index is 12.7. The summed E-state index contributed by atoms with van der Waals surface area (Å²) in [5, 5.41) is 38.7. The normalized spacial score (nSPS) is 13.8. The number of Topliss-reactive ketones (excluding diaryl/α,β-unsaturated/α-hetero) is 1. The highest BCUT2D eigenvalue weighted by Gasteiger charge is 2.46. The van der Waals surface area contributed by atoms with Crippen LogP contribution in [-0.4, -0.2) is 51.4 Å². The first-order chi connectivity index (χ1) is 11.5. The minimum absolute atomic E-state index is 0.0231. The number of carbonyl (C=O) groups excluding carboxylic acids is 1. The van der Waals surface area contributed by atoms with E-state index in [0.717, 1.165) is 5.39 Å². The molecule has 0 fully saturated rings. The van der Waals surface area contributed by atoms with E-state index in [-0.39, 0.29) is 18.1 Å². The van der Waals surface area contributed by atoms with Crippen molar-refractivity contribution in [3.8, 4) is 0 Å². The zero-order valence-electron chi connectivity index (χ0n) is 13.0. The molecule has 0 amide bonds. The fraction of sp³-hybridized carbons (Fsp3) is 0.400. The molecule has 1 aromatic carbocycles. The van der Waals surface area contributed by atoms with Gasteiger partial charge >= 0.3 is 7.12 Å². The average Bonchev–Trinajstić information content (AvgIpc) is 3.00. The predicted molar refractivity (Wildman–Crippen MR) is 91.8 cm³/mol. The smallest absolute Gasteiger partial charge is 0.454 e. The van der Waals surface area contributed by atoms with E-state index in [2.05, 4.69) is 0 Å². The highest BCUT2D eigenvalue weighted by atomic mass is 32.2. The average molecular weight is 353 g/mol. The van der Waals surface area contributed by atoms with Crippen molar-refractivity contribution in [1.29, 1.82) is 0 Å². The molecule has 0 aliphatic heterocycles. The van der Waals surface area contributed by atoms with Gasteiger partial charge in [-0.1, -0.05) is 24.3 Å². The van der Waals surface area contributed by atoms with Gasteiger partial charge in [-0.05, 0) is 12.2 Å². The minimum atomic E-state index is -1.82. The highest BCUT2D eigenvalue weighted by molar-refractivity contribution is 7.99. The van der Waals surface area contributed by atoms with Gasteiger partial charge in [-0.25, -0.2) is 0 Å². The third-order valence-electron chi connectivity index (χ3n) is 3.73. The lowest BCUT2D eigenvalue weighted by atomic mass is 9.70. The lowest BCUT2D eigenvalue weighted by Gasteiger charge is -2.29. The second-order valence-electron chi connectivity index (χ2n) is 5.41. The fourth-order valence-electron chi connectivity index (χ4n) is 2.54. The van der Waals surface area contributed by atoms with E-state index in [1.807, 2.05) is 11.5 Å². The number of hydrogen-bond acceptors (Lipinski definition) is 8. The molecule has 2 rings (SSSR count). The van der Waals surface area contributed by atoms with Crippen LogP contribution in [0.4, 0.5) is 0 Å². The Hall–Kier alpha value is -1.36. The van der Waals surface area contributed by atoms with Crippen LogP contribution >= 0.6 is 11.8 Å². The lowest BCUT2D eigenvalue weighted by molar-refractivity contribution is -0.128. The van der Waals surface area contributed by atoms with Gasteiger partial charge < -0.3 is 24.8 Å². The molecule has 2 aromatic rings. The number of ketones is 1. The summed E-state index contributed by atoms with van der Waals surface area (Å²) < 4.78 is 5.51. The summed E-state index contributed by atoms with van der Waals surface area (Å²) in [6, 6.07) is 7.10. The standard InChI is InChI=1S/C15H20BNO6S/c18-6-3-7-24-9-13(19)15(17-22,10-16(20)21)14-12-5-2-1-4-11(12)8-23-14/h1-2,4-5,8,17-18,20-22H,3,6-7,9-10H2. The van der Waals surface area contributed by atoms with Crippen molar-refractivity contribution in [3.63, 3.8) is 0 Å². The van der Waals surface area contributed by atoms with Crippen LogP contribution in [-0.2, 0) is 10.3 Å². The number of rotatable bonds is 10. The van der Waals surface area contributed by atoms with Crippen molar-refractivity contribution in [2.75, 3.05) is 18.1 Å². The Bertz CT molecular complexity index is 679. The number of fused-ring (bicyclic) bond motifs is 1. The molecule has 9 heteroatoms. The molecule has 24 heavy (non-hydrogen) atoms. The zero-order chi connectivity index (χ0) is 17.6. The van der Waals surface area contributed by atoms with Crippen LogP contribution < -0.4 is 5.48 Å². The maximum Gasteiger partial charge on any atom is 0.454 e. The Balaban J connectivity index is 2.37. The number of carbonyl (C=O) groups is 1. The molecule has 0 radical (unpaired) electrons. The van der Waals surface area contributed by atoms with Gasteiger partial charge in [-0.3, -0.25) is 4.79 Å². The van der Waals surface area contributed by atoms with Crippen molar-refractivity contribution < 1.29 is 29.6 Å². The SMILES string of the molecule is O=C(CSCCCO)C(CB(O)O)(NO)c1occ2ccccc12. The van der Waals surface area contributed by atoms with E-state index in [4.69, 9.17) is 9.52 Å². The molecule has 0 bridgehead atoms. The second kappa shape index (κ2) is 8.66. The molecule has 1 atom stereocenters. The Morgan fingerprint density at radius 2 is 2.08 bits per heavy atom. The van der Waals surface area contributed by atoms with E-state index in [0.29, 0.717) is 17.6 Å². The van der Waals surface area contributed by atoms with Gasteiger partial charge in [0.1, 0.15) is 5.76 Å². The molecule has 130 valence electrons. The Morgan fingerprint density at radius 1 is 1.33 bits per heavy atom. The molecule has 0 aliphatic carbocycles. The molecule has 1 aromatic heterocycles. The summed E-state index contributed by atoms with van der Waals surface area (Å²) in [4.78, 5) is 12.7. The first-order valence-corrected chi connectivity index (χ1v) is 8.66. The van der Waals surface area contributed by atoms with E-state index >= 15 is 0 Å². The Morgan fingerprint density at radius 3 is 2.75 bits per heavy atom. The Labute approximate surface area is 143 Å². The number of hydroxylamine groups is 1. The summed E-state index contributed by atoms with van der Waals surface area (Å²) >= 11 is 1.29. The number of aliphatic hydroxyl groups excluding tert-OH is 1. The maximum atomic E-state index is 12.7. The third-order valence-corrected chi connectivity index (χ3v) is 4.78. The van der Waals surface area contributed by atoms with Crippen LogP contribution in [0, 0.1) is 0 Å². The quantitative estimate of drug-likeness (QED) is 0.241. The van der Waals surface area contributed by atoms with E-state index in [9.17, 15) is 20.0 Å². The van der Waals surface area contributed by atoms with Gasteiger partial charge in [0.2, 0.25) is 0 Å². The minimum Gasteiger partial charge on any atom is -0.466 e. The fourth-order valence-corrected chi connectivity index (χ4v) is 3.45. The van der Waals surface area contributed by atoms with Gasteiger partial charge in [0.05, 0.1) is 12.0 Å². The van der Waals surface area contributed by atoms with Gasteiger partial charge in [-0.2, -0.15) is 17.2 Å². The van der Waals surface area contributed by atoms with E-state index in [1.165, 1.54) is 18.0 Å². The summed E-state index contributed by atoms with van der Waals surface area (Å²) in [6.45, 7) is 0.0305. The van der Waals surface area contributed by atoms with Crippen LogP contribution in [0.1, 0.15) is 12.2 Å². The molecule has 1 unspecified atom stereocenters. The number of thioether (sulfide) groups is 1. The van der Waals surface area contributed by atoms with Gasteiger partial charge in [0.25, 0.3) is 0 Å². The van der Waals surface area contributed by atoms with Crippen molar-refractivity contribution >= 4 is 35.4 Å². The third kappa shape index (κ3) is 4.00. The van der Waals surface area contributed by atoms with E-state index in [1.54, 1.807) is 18.2 Å². The molecule has 0 spiro atoms. The summed E-state index contributed by atoms with van der Waals surface area (Å²) in [5.41, 5.74) is 0.196. The summed E-state index contributed by atoms with van der Waals surface area (Å²) in [5.74, 6) is 0.294. The molecule has 5 N–H and O–H groups in total. The number of benzene rings is 1. The van der Waals surface area contributed by atoms with Crippen molar-refractivity contribution in [2.45, 2.75) is 18.3 Å². The summed E-state index contributed by atoms with van der Waals surface area (Å²) in [7, 11) is -1.82. The number of nitrogens with one attached hydrogen (secondary N) is 1. The van der Waals surface area contributed by atoms with Crippen molar-refractivity contribution in [2.24, 2.45) is 0 Å². The van der Waals surface area contributed by atoms with Crippen LogP contribution in [0.5, 0.6) is 0 Å². The summed E-state index contributed by atoms with van der Waals surface area (Å²) in [6.07, 6.45) is 1.54. The van der Waals surface area contributed by atoms with Gasteiger partial charge in [0, 0.05) is 23.7 Å². The van der Waals surface area contributed by atoms with Crippen LogP contribution in [0.3, 0.4) is 0 Å². The van der Waals surface area contributed by atoms with Crippen LogP contribution in [0.15, 0.2) is 34.9 Å². The van der Waals surface area contributed by atoms with Crippen molar-refractivity contribution in [3.05, 3.63) is 36.3 Å². The van der Waals surface area contributed by atoms with Crippen molar-refractivity contribution in [1.82, 2.24) is 5.48 Å². The molecule has 0 aliphatic rings. The lowest BCUT2D eigenvalue weighted by Crippen LogP contribution is -2.51. The monoisotopic (exact) mass is 353 g/mol. The van der Waals surface area contributed by atoms with Gasteiger partial charge in [-0.15, -0.1) is 0 Å². The zero-order valence-corrected chi connectivity index (χ0v) is 13.8. The molecule has 0 saturated heterocycles. The van der Waals surface area contributed by atoms with Gasteiger partial charge in [0.15, 0.2) is 11.3 Å². The first-order valence-electron chi connectivity index (χ1n) is 7.51. The molecule has 1 heterocycles. The van der Waals surface area contributed by atoms with E-state index < -0.39 is 24.8 Å².